The molecule has 0 aliphatic carbocycles. The molecule has 0 aliphatic heterocycles. The van der Waals surface area contributed by atoms with Gasteiger partial charge in [0.15, 0.2) is 0 Å². The van der Waals surface area contributed by atoms with Crippen LogP contribution in [0.2, 0.25) is 0 Å². The first-order valence-corrected chi connectivity index (χ1v) is 4.95. The monoisotopic (exact) mass is 229 g/mol. The largest absolute Gasteiger partial charge is 0.486 e. The molecule has 0 aliphatic rings. The molecule has 0 bridgehead atoms. The van der Waals surface area contributed by atoms with Crippen molar-refractivity contribution in [1.29, 1.82) is 0 Å². The quantitative estimate of drug-likeness (QED) is 0.488. The van der Waals surface area contributed by atoms with Crippen molar-refractivity contribution in [3.63, 3.8) is 0 Å². The smallest absolute Gasteiger partial charge is 0.280 e. The van der Waals surface area contributed by atoms with Gasteiger partial charge in [0, 0.05) is 0 Å². The van der Waals surface area contributed by atoms with E-state index in [2.05, 4.69) is 0 Å². The van der Waals surface area contributed by atoms with Crippen molar-refractivity contribution in [3.05, 3.63) is 0 Å². The lowest BCUT2D eigenvalue weighted by Gasteiger charge is -2.09. The van der Waals surface area contributed by atoms with Crippen molar-refractivity contribution in [1.82, 2.24) is 4.94 Å². The maximum absolute atomic E-state index is 12.0. The number of hydrogen-bond acceptors (Lipinski definition) is 4. The zero-order valence-electron chi connectivity index (χ0n) is 5.03. The fourth-order valence-electron chi connectivity index (χ4n) is 0.184. The minimum Gasteiger partial charge on any atom is -0.280 e. The molecule has 0 rings (SSSR count). The van der Waals surface area contributed by atoms with Crippen LogP contribution in [0.15, 0.2) is 0 Å². The number of hydrogen-bond donors (Lipinski definition) is 2. The van der Waals surface area contributed by atoms with E-state index in [9.17, 15) is 30.1 Å². The Morgan fingerprint density at radius 2 is 1.50 bits per heavy atom. The molecular weight excluding hydrogens is 227 g/mol. The predicted molar refractivity (Wildman–Crippen MR) is 29.7 cm³/mol. The summed E-state index contributed by atoms with van der Waals surface area (Å²) in [6, 6.07) is 0. The zero-order chi connectivity index (χ0) is 10.2. The highest BCUT2D eigenvalue weighted by Crippen LogP contribution is 2.26. The van der Waals surface area contributed by atoms with Gasteiger partial charge in [-0.25, -0.2) is 8.42 Å². The van der Waals surface area contributed by atoms with Gasteiger partial charge in [0.1, 0.15) is 0 Å². The van der Waals surface area contributed by atoms with Gasteiger partial charge in [-0.05, 0) is 4.94 Å². The van der Waals surface area contributed by atoms with Crippen molar-refractivity contribution < 1.29 is 34.7 Å². The van der Waals surface area contributed by atoms with E-state index in [1.165, 1.54) is 0 Å². The molecule has 0 aromatic rings. The number of alkyl halides is 2. The molecule has 0 heterocycles. The van der Waals surface area contributed by atoms with Gasteiger partial charge in [0.05, 0.1) is 0 Å². The van der Waals surface area contributed by atoms with E-state index in [0.717, 1.165) is 0 Å². The second-order valence-electron chi connectivity index (χ2n) is 1.52. The van der Waals surface area contributed by atoms with Crippen molar-refractivity contribution in [2.75, 3.05) is 0 Å². The van der Waals surface area contributed by atoms with Crippen molar-refractivity contribution in [2.45, 2.75) is 4.59 Å². The van der Waals surface area contributed by atoms with E-state index in [1.807, 2.05) is 0 Å². The van der Waals surface area contributed by atoms with Gasteiger partial charge in [-0.1, -0.05) is 0 Å². The molecule has 0 saturated heterocycles. The molecular formula is CH2F3NO5S2. The molecule has 0 saturated carbocycles. The third-order valence-electron chi connectivity index (χ3n) is 0.715. The summed E-state index contributed by atoms with van der Waals surface area (Å²) in [5.74, 6) is 0. The molecule has 0 aromatic carbocycles. The van der Waals surface area contributed by atoms with Crippen LogP contribution >= 0.6 is 0 Å². The van der Waals surface area contributed by atoms with Gasteiger partial charge >= 0.3 is 24.7 Å². The van der Waals surface area contributed by atoms with Gasteiger partial charge < -0.3 is 0 Å². The first kappa shape index (κ1) is 11.6. The highest BCUT2D eigenvalue weighted by molar-refractivity contribution is 8.06. The zero-order valence-corrected chi connectivity index (χ0v) is 6.66. The molecule has 0 amide bonds. The molecule has 0 fully saturated rings. The summed E-state index contributed by atoms with van der Waals surface area (Å²) in [6.07, 6.45) is 0. The summed E-state index contributed by atoms with van der Waals surface area (Å²) in [5.41, 5.74) is 0. The summed E-state index contributed by atoms with van der Waals surface area (Å²) in [7, 11) is -12.2. The lowest BCUT2D eigenvalue weighted by molar-refractivity contribution is 0.160. The van der Waals surface area contributed by atoms with Gasteiger partial charge in [-0.15, -0.1) is 4.48 Å². The van der Waals surface area contributed by atoms with Crippen LogP contribution in [0.5, 0.6) is 0 Å². The van der Waals surface area contributed by atoms with E-state index in [-0.39, 0.29) is 0 Å². The highest BCUT2D eigenvalue weighted by atomic mass is 32.3. The SMILES string of the molecule is O=S(=O)(O)C(F)(F)S(=O)(=O)NF. The molecule has 0 unspecified atom stereocenters. The predicted octanol–water partition coefficient (Wildman–Crippen LogP) is -0.772. The lowest BCUT2D eigenvalue weighted by atomic mass is 11.6. The van der Waals surface area contributed by atoms with Crippen LogP contribution in [0.25, 0.3) is 0 Å². The van der Waals surface area contributed by atoms with Crippen LogP contribution in [-0.4, -0.2) is 26.0 Å². The molecule has 12 heavy (non-hydrogen) atoms. The molecule has 2 N–H and O–H groups in total. The van der Waals surface area contributed by atoms with Crippen molar-refractivity contribution in [2.24, 2.45) is 0 Å². The maximum Gasteiger partial charge on any atom is 0.486 e. The summed E-state index contributed by atoms with van der Waals surface area (Å²) < 4.78 is 76.3. The maximum atomic E-state index is 12.0. The van der Waals surface area contributed by atoms with Crippen molar-refractivity contribution in [3.8, 4) is 0 Å². The molecule has 0 spiro atoms. The van der Waals surface area contributed by atoms with E-state index in [4.69, 9.17) is 4.55 Å². The Labute approximate surface area is 65.1 Å². The first-order valence-electron chi connectivity index (χ1n) is 2.03. The van der Waals surface area contributed by atoms with Gasteiger partial charge in [-0.3, -0.25) is 4.55 Å². The molecule has 74 valence electrons. The van der Waals surface area contributed by atoms with E-state index in [0.29, 0.717) is 0 Å². The van der Waals surface area contributed by atoms with Crippen LogP contribution in [-0.2, 0) is 20.1 Å². The third-order valence-corrected chi connectivity index (χ3v) is 3.43. The first-order chi connectivity index (χ1) is 5.06. The summed E-state index contributed by atoms with van der Waals surface area (Å²) >= 11 is 0. The topological polar surface area (TPSA) is 101 Å². The van der Waals surface area contributed by atoms with Gasteiger partial charge in [0.25, 0.3) is 0 Å². The second-order valence-corrected chi connectivity index (χ2v) is 4.91. The van der Waals surface area contributed by atoms with Gasteiger partial charge in [-0.2, -0.15) is 17.2 Å². The average molecular weight is 229 g/mol. The van der Waals surface area contributed by atoms with Crippen LogP contribution in [0, 0.1) is 0 Å². The Morgan fingerprint density at radius 3 is 1.58 bits per heavy atom. The normalized spacial score (nSPS) is 14.7. The fourth-order valence-corrected chi connectivity index (χ4v) is 1.48. The van der Waals surface area contributed by atoms with Crippen LogP contribution in [0.4, 0.5) is 13.3 Å². The number of nitrogens with one attached hydrogen (secondary N) is 1. The number of rotatable bonds is 3. The molecule has 0 atom stereocenters. The summed E-state index contributed by atoms with van der Waals surface area (Å²) in [4.78, 5) is -0.429. The van der Waals surface area contributed by atoms with Crippen LogP contribution in [0.1, 0.15) is 0 Å². The summed E-state index contributed by atoms with van der Waals surface area (Å²) in [6.45, 7) is 0. The average Bonchev–Trinajstić information content (AvgIpc) is 1.85. The fraction of sp³-hybridized carbons (Fsp3) is 1.00. The Bertz CT molecular complexity index is 354. The lowest BCUT2D eigenvalue weighted by Crippen LogP contribution is -2.42. The molecule has 6 nitrogen and oxygen atoms in total. The minimum atomic E-state index is -6.20. The molecule has 0 radical (unpaired) electrons. The Morgan fingerprint density at radius 1 is 1.17 bits per heavy atom. The van der Waals surface area contributed by atoms with Gasteiger partial charge in [0.2, 0.25) is 0 Å². The molecule has 11 heteroatoms. The van der Waals surface area contributed by atoms with Crippen LogP contribution in [0.3, 0.4) is 0 Å². The Balaban J connectivity index is 5.46. The standard InChI is InChI=1S/CH2F3NO5S2/c2-1(3,12(8,9)10)11(6,7)5-4/h5H,(H,8,9,10). The Kier molecular flexibility index (Phi) is 2.74. The second kappa shape index (κ2) is 2.83. The third kappa shape index (κ3) is 1.68. The number of halogens is 3. The van der Waals surface area contributed by atoms with E-state index in [1.54, 1.807) is 0 Å². The van der Waals surface area contributed by atoms with Crippen molar-refractivity contribution >= 4 is 20.1 Å². The van der Waals surface area contributed by atoms with E-state index < -0.39 is 29.7 Å². The highest BCUT2D eigenvalue weighted by Gasteiger charge is 2.58. The number of sulfonamides is 1. The molecule has 0 aromatic heterocycles. The Hall–Kier alpha value is -0.390. The van der Waals surface area contributed by atoms with Crippen LogP contribution < -0.4 is 4.94 Å². The minimum absolute atomic E-state index is 0.429. The van der Waals surface area contributed by atoms with E-state index >= 15 is 0 Å². The summed E-state index contributed by atoms with van der Waals surface area (Å²) in [5, 5.41) is 0.